The fourth-order valence-corrected chi connectivity index (χ4v) is 5.11. The molecule has 3 aromatic carbocycles. The van der Waals surface area contributed by atoms with E-state index in [1.165, 1.54) is 0 Å². The third-order valence-corrected chi connectivity index (χ3v) is 6.90. The van der Waals surface area contributed by atoms with E-state index in [9.17, 15) is 4.79 Å². The van der Waals surface area contributed by atoms with Crippen LogP contribution in [0.15, 0.2) is 60.7 Å². The summed E-state index contributed by atoms with van der Waals surface area (Å²) in [6.07, 6.45) is 0.805. The lowest BCUT2D eigenvalue weighted by molar-refractivity contribution is 0.0528. The standard InChI is InChI=1S/C30H28ClNO5/c1-5-36-30(33)28-27(20-7-6-8-23(15-20)37-22-11-9-21(31)10-12-22)18(2)32-14-13-19-16-25(34-3)26(35-4)17-24(19)29(28)32/h6-12,15-17H,5,13-14H2,1-4H3. The van der Waals surface area contributed by atoms with Crippen molar-refractivity contribution in [2.45, 2.75) is 26.8 Å². The number of fused-ring (bicyclic) bond motifs is 3. The van der Waals surface area contributed by atoms with Gasteiger partial charge in [0.1, 0.15) is 11.5 Å². The summed E-state index contributed by atoms with van der Waals surface area (Å²) in [7, 11) is 3.24. The zero-order chi connectivity index (χ0) is 26.1. The van der Waals surface area contributed by atoms with Crippen molar-refractivity contribution in [1.29, 1.82) is 0 Å². The summed E-state index contributed by atoms with van der Waals surface area (Å²) in [5.74, 6) is 2.26. The molecule has 0 saturated heterocycles. The number of aryl methyl sites for hydroxylation is 1. The number of hydrogen-bond acceptors (Lipinski definition) is 5. The number of methoxy groups -OCH3 is 2. The molecular formula is C30H28ClNO5. The normalized spacial score (nSPS) is 11.9. The average molecular weight is 518 g/mol. The third-order valence-electron chi connectivity index (χ3n) is 6.64. The minimum atomic E-state index is -0.360. The molecule has 1 aliphatic heterocycles. The van der Waals surface area contributed by atoms with Gasteiger partial charge in [-0.2, -0.15) is 0 Å². The van der Waals surface area contributed by atoms with E-state index >= 15 is 0 Å². The molecule has 0 unspecified atom stereocenters. The molecule has 0 amide bonds. The van der Waals surface area contributed by atoms with Gasteiger partial charge in [0, 0.05) is 28.4 Å². The molecule has 190 valence electrons. The lowest BCUT2D eigenvalue weighted by atomic mass is 9.93. The topological polar surface area (TPSA) is 58.9 Å². The van der Waals surface area contributed by atoms with Crippen molar-refractivity contribution < 1.29 is 23.7 Å². The first-order valence-corrected chi connectivity index (χ1v) is 12.5. The smallest absolute Gasteiger partial charge is 0.340 e. The highest BCUT2D eigenvalue weighted by Crippen LogP contribution is 2.45. The van der Waals surface area contributed by atoms with Crippen LogP contribution in [0.1, 0.15) is 28.5 Å². The van der Waals surface area contributed by atoms with E-state index in [-0.39, 0.29) is 12.6 Å². The Morgan fingerprint density at radius 3 is 2.41 bits per heavy atom. The first-order valence-electron chi connectivity index (χ1n) is 12.1. The number of carbonyl (C=O) groups is 1. The highest BCUT2D eigenvalue weighted by molar-refractivity contribution is 6.30. The number of hydrogen-bond donors (Lipinski definition) is 0. The Morgan fingerprint density at radius 1 is 0.973 bits per heavy atom. The Balaban J connectivity index is 1.68. The van der Waals surface area contributed by atoms with Crippen LogP contribution in [0.25, 0.3) is 22.4 Å². The Bertz CT molecular complexity index is 1470. The quantitative estimate of drug-likeness (QED) is 0.240. The molecule has 7 heteroatoms. The van der Waals surface area contributed by atoms with Crippen LogP contribution in [-0.2, 0) is 17.7 Å². The van der Waals surface area contributed by atoms with Crippen molar-refractivity contribution in [3.63, 3.8) is 0 Å². The number of halogens is 1. The van der Waals surface area contributed by atoms with Crippen molar-refractivity contribution in [2.24, 2.45) is 0 Å². The van der Waals surface area contributed by atoms with Gasteiger partial charge < -0.3 is 23.5 Å². The largest absolute Gasteiger partial charge is 0.493 e. The zero-order valence-corrected chi connectivity index (χ0v) is 22.0. The van der Waals surface area contributed by atoms with Crippen LogP contribution in [0, 0.1) is 6.92 Å². The maximum absolute atomic E-state index is 13.5. The van der Waals surface area contributed by atoms with E-state index in [0.29, 0.717) is 33.6 Å². The van der Waals surface area contributed by atoms with Gasteiger partial charge in [-0.05, 0) is 79.9 Å². The summed E-state index contributed by atoms with van der Waals surface area (Å²) in [5.41, 5.74) is 6.10. The van der Waals surface area contributed by atoms with Gasteiger partial charge in [0.15, 0.2) is 11.5 Å². The summed E-state index contributed by atoms with van der Waals surface area (Å²) in [4.78, 5) is 13.5. The molecule has 0 aliphatic carbocycles. The summed E-state index contributed by atoms with van der Waals surface area (Å²) in [6.45, 7) is 4.87. The molecule has 5 rings (SSSR count). The first kappa shape index (κ1) is 24.8. The highest BCUT2D eigenvalue weighted by Gasteiger charge is 2.32. The van der Waals surface area contributed by atoms with Crippen molar-refractivity contribution in [1.82, 2.24) is 4.57 Å². The predicted octanol–water partition coefficient (Wildman–Crippen LogP) is 7.33. The van der Waals surface area contributed by atoms with Gasteiger partial charge in [0.2, 0.25) is 0 Å². The fourth-order valence-electron chi connectivity index (χ4n) is 4.99. The number of esters is 1. The molecule has 1 aliphatic rings. The molecule has 0 N–H and O–H groups in total. The van der Waals surface area contributed by atoms with Crippen LogP contribution >= 0.6 is 11.6 Å². The van der Waals surface area contributed by atoms with E-state index in [4.69, 9.17) is 30.5 Å². The number of nitrogens with zero attached hydrogens (tertiary/aromatic N) is 1. The summed E-state index contributed by atoms with van der Waals surface area (Å²) in [6, 6.07) is 18.9. The van der Waals surface area contributed by atoms with E-state index < -0.39 is 0 Å². The molecule has 0 fully saturated rings. The average Bonchev–Trinajstić information content (AvgIpc) is 3.22. The second-order valence-electron chi connectivity index (χ2n) is 8.75. The number of carbonyl (C=O) groups excluding carboxylic acids is 1. The number of benzene rings is 3. The van der Waals surface area contributed by atoms with Gasteiger partial charge in [-0.1, -0.05) is 23.7 Å². The summed E-state index contributed by atoms with van der Waals surface area (Å²) < 4.78 is 25.0. The number of aromatic nitrogens is 1. The molecule has 0 atom stereocenters. The SMILES string of the molecule is CCOC(=O)c1c(-c2cccc(Oc3ccc(Cl)cc3)c2)c(C)n2c1-c1cc(OC)c(OC)cc1CC2. The maximum Gasteiger partial charge on any atom is 0.340 e. The zero-order valence-electron chi connectivity index (χ0n) is 21.3. The second kappa shape index (κ2) is 10.2. The lowest BCUT2D eigenvalue weighted by Crippen LogP contribution is -2.15. The molecule has 2 heterocycles. The van der Waals surface area contributed by atoms with Gasteiger partial charge in [-0.3, -0.25) is 0 Å². The van der Waals surface area contributed by atoms with Gasteiger partial charge in [-0.15, -0.1) is 0 Å². The van der Waals surface area contributed by atoms with E-state index in [1.807, 2.05) is 62.4 Å². The van der Waals surface area contributed by atoms with Crippen LogP contribution in [-0.4, -0.2) is 31.4 Å². The van der Waals surface area contributed by atoms with Crippen molar-refractivity contribution in [3.05, 3.63) is 82.5 Å². The molecule has 0 spiro atoms. The highest BCUT2D eigenvalue weighted by atomic mass is 35.5. The molecule has 37 heavy (non-hydrogen) atoms. The van der Waals surface area contributed by atoms with E-state index in [2.05, 4.69) is 4.57 Å². The van der Waals surface area contributed by atoms with E-state index in [1.54, 1.807) is 26.4 Å². The minimum Gasteiger partial charge on any atom is -0.493 e. The van der Waals surface area contributed by atoms with E-state index in [0.717, 1.165) is 46.6 Å². The molecular weight excluding hydrogens is 490 g/mol. The van der Waals surface area contributed by atoms with Gasteiger partial charge in [0.25, 0.3) is 0 Å². The Kier molecular flexibility index (Phi) is 6.85. The van der Waals surface area contributed by atoms with Crippen LogP contribution in [0.4, 0.5) is 0 Å². The maximum atomic E-state index is 13.5. The van der Waals surface area contributed by atoms with Crippen molar-refractivity contribution in [2.75, 3.05) is 20.8 Å². The Morgan fingerprint density at radius 2 is 1.70 bits per heavy atom. The van der Waals surface area contributed by atoms with Crippen molar-refractivity contribution >= 4 is 17.6 Å². The van der Waals surface area contributed by atoms with Crippen LogP contribution in [0.2, 0.25) is 5.02 Å². The van der Waals surface area contributed by atoms with Crippen molar-refractivity contribution in [3.8, 4) is 45.4 Å². The lowest BCUT2D eigenvalue weighted by Gasteiger charge is -2.23. The Labute approximate surface area is 221 Å². The summed E-state index contributed by atoms with van der Waals surface area (Å²) in [5, 5.41) is 0.643. The third kappa shape index (κ3) is 4.53. The number of ether oxygens (including phenoxy) is 4. The molecule has 0 radical (unpaired) electrons. The van der Waals surface area contributed by atoms with Gasteiger partial charge >= 0.3 is 5.97 Å². The molecule has 4 aromatic rings. The number of rotatable bonds is 7. The molecule has 1 aromatic heterocycles. The van der Waals surface area contributed by atoms with Crippen LogP contribution in [0.5, 0.6) is 23.0 Å². The molecule has 0 saturated carbocycles. The van der Waals surface area contributed by atoms with Gasteiger partial charge in [0.05, 0.1) is 32.1 Å². The van der Waals surface area contributed by atoms with Crippen LogP contribution in [0.3, 0.4) is 0 Å². The Hall–Kier alpha value is -3.90. The predicted molar refractivity (Wildman–Crippen MR) is 144 cm³/mol. The first-order chi connectivity index (χ1) is 17.9. The second-order valence-corrected chi connectivity index (χ2v) is 9.19. The molecule has 6 nitrogen and oxygen atoms in total. The monoisotopic (exact) mass is 517 g/mol. The fraction of sp³-hybridized carbons (Fsp3) is 0.233. The van der Waals surface area contributed by atoms with Crippen LogP contribution < -0.4 is 14.2 Å². The van der Waals surface area contributed by atoms with Gasteiger partial charge in [-0.25, -0.2) is 4.79 Å². The summed E-state index contributed by atoms with van der Waals surface area (Å²) >= 11 is 6.02. The minimum absolute atomic E-state index is 0.278. The molecule has 0 bridgehead atoms.